The van der Waals surface area contributed by atoms with Gasteiger partial charge in [-0.25, -0.2) is 0 Å². The van der Waals surface area contributed by atoms with Gasteiger partial charge in [-0.2, -0.15) is 0 Å². The van der Waals surface area contributed by atoms with Crippen molar-refractivity contribution in [1.29, 1.82) is 0 Å². The van der Waals surface area contributed by atoms with E-state index in [-0.39, 0.29) is 24.2 Å². The monoisotopic (exact) mass is 390 g/mol. The number of nitrogens with one attached hydrogen (secondary N) is 2. The van der Waals surface area contributed by atoms with Crippen LogP contribution in [0.1, 0.15) is 36.9 Å². The third kappa shape index (κ3) is 2.50. The van der Waals surface area contributed by atoms with E-state index in [1.54, 1.807) is 6.07 Å². The highest BCUT2D eigenvalue weighted by Gasteiger charge is 2.49. The molecule has 2 aliphatic rings. The zero-order valence-corrected chi connectivity index (χ0v) is 15.3. The van der Waals surface area contributed by atoms with E-state index in [1.165, 1.54) is 17.9 Å². The quantitative estimate of drug-likeness (QED) is 0.591. The molecule has 4 rings (SSSR count). The van der Waals surface area contributed by atoms with E-state index in [0.29, 0.717) is 22.8 Å². The fourth-order valence-electron chi connectivity index (χ4n) is 3.66. The number of hydrogen-bond donors (Lipinski definition) is 2. The summed E-state index contributed by atoms with van der Waals surface area (Å²) in [5, 5.41) is 16.9. The molecule has 2 aliphatic heterocycles. The van der Waals surface area contributed by atoms with Crippen molar-refractivity contribution in [3.63, 3.8) is 0 Å². The third-order valence-electron chi connectivity index (χ3n) is 4.88. The Kier molecular flexibility index (Phi) is 4.02. The lowest BCUT2D eigenvalue weighted by Gasteiger charge is -2.27. The van der Waals surface area contributed by atoms with E-state index >= 15 is 0 Å². The Hall–Kier alpha value is -3.50. The number of hydrogen-bond acceptors (Lipinski definition) is 7. The van der Waals surface area contributed by atoms with Crippen molar-refractivity contribution >= 4 is 11.7 Å². The van der Waals surface area contributed by atoms with Crippen LogP contribution < -0.4 is 25.1 Å². The number of fused-ring (bicyclic) bond motifs is 2. The lowest BCUT2D eigenvalue weighted by Crippen LogP contribution is -2.45. The average molecular weight is 390 g/mol. The zero-order chi connectivity index (χ0) is 20.2. The van der Waals surface area contributed by atoms with Gasteiger partial charge in [0.1, 0.15) is 5.82 Å². The number of methoxy groups -OCH3 is 1. The van der Waals surface area contributed by atoms with Crippen molar-refractivity contribution in [2.75, 3.05) is 19.2 Å². The van der Waals surface area contributed by atoms with Crippen LogP contribution in [0.3, 0.4) is 0 Å². The van der Waals surface area contributed by atoms with Crippen molar-refractivity contribution in [3.8, 4) is 17.2 Å². The van der Waals surface area contributed by atoms with Crippen LogP contribution in [0.2, 0.25) is 0 Å². The summed E-state index contributed by atoms with van der Waals surface area (Å²) in [7, 11) is 1.42. The fourth-order valence-corrected chi connectivity index (χ4v) is 3.66. The lowest BCUT2D eigenvalue weighted by atomic mass is 9.83. The molecule has 0 fully saturated rings. The van der Waals surface area contributed by atoms with Crippen LogP contribution in [0.15, 0.2) is 16.9 Å². The summed E-state index contributed by atoms with van der Waals surface area (Å²) in [6.45, 7) is 3.62. The van der Waals surface area contributed by atoms with E-state index in [9.17, 15) is 19.7 Å². The van der Waals surface area contributed by atoms with Crippen LogP contribution >= 0.6 is 0 Å². The number of amides is 1. The Labute approximate surface area is 158 Å². The van der Waals surface area contributed by atoms with Crippen LogP contribution in [0, 0.1) is 10.1 Å². The minimum atomic E-state index is -1.68. The predicted octanol–water partition coefficient (Wildman–Crippen LogP) is 1.22. The number of ether oxygens (including phenoxy) is 3. The average Bonchev–Trinajstić information content (AvgIpc) is 3.24. The maximum atomic E-state index is 12.7. The predicted molar refractivity (Wildman–Crippen MR) is 95.8 cm³/mol. The summed E-state index contributed by atoms with van der Waals surface area (Å²) in [6.07, 6.45) is 0. The SMILES string of the molecule is COc1cc(C2c3c(n(C(C)C)[nH]c3=O)NC(=O)C2[N+](=O)[O-])cc2c1OCO2. The van der Waals surface area contributed by atoms with Crippen molar-refractivity contribution in [3.05, 3.63) is 43.7 Å². The van der Waals surface area contributed by atoms with Gasteiger partial charge in [0, 0.05) is 11.0 Å². The van der Waals surface area contributed by atoms with Crippen LogP contribution in [-0.4, -0.2) is 40.6 Å². The zero-order valence-electron chi connectivity index (χ0n) is 15.3. The molecule has 0 saturated carbocycles. The Morgan fingerprint density at radius 1 is 1.32 bits per heavy atom. The van der Waals surface area contributed by atoms with Gasteiger partial charge in [0.25, 0.3) is 5.56 Å². The minimum Gasteiger partial charge on any atom is -0.493 e. The van der Waals surface area contributed by atoms with Gasteiger partial charge in [0.15, 0.2) is 11.5 Å². The van der Waals surface area contributed by atoms with Crippen molar-refractivity contribution in [2.45, 2.75) is 31.8 Å². The largest absolute Gasteiger partial charge is 0.493 e. The number of aromatic amines is 1. The molecular weight excluding hydrogens is 372 g/mol. The van der Waals surface area contributed by atoms with Gasteiger partial charge in [-0.3, -0.25) is 29.5 Å². The summed E-state index contributed by atoms with van der Waals surface area (Å²) in [5.74, 6) is -0.677. The van der Waals surface area contributed by atoms with Crippen molar-refractivity contribution < 1.29 is 23.9 Å². The minimum absolute atomic E-state index is 0.0193. The number of carbonyl (C=O) groups excluding carboxylic acids is 1. The van der Waals surface area contributed by atoms with Crippen molar-refractivity contribution in [2.24, 2.45) is 0 Å². The Morgan fingerprint density at radius 2 is 2.07 bits per heavy atom. The number of nitro groups is 1. The molecule has 0 aliphatic carbocycles. The molecular formula is C17H18N4O7. The summed E-state index contributed by atoms with van der Waals surface area (Å²) in [6, 6.07) is 1.22. The molecule has 1 amide bonds. The molecule has 0 radical (unpaired) electrons. The van der Waals surface area contributed by atoms with Gasteiger partial charge in [-0.05, 0) is 31.5 Å². The molecule has 2 aromatic rings. The van der Waals surface area contributed by atoms with Gasteiger partial charge in [0.2, 0.25) is 12.5 Å². The van der Waals surface area contributed by atoms with Crippen LogP contribution in [0.5, 0.6) is 17.2 Å². The number of rotatable bonds is 4. The molecule has 11 nitrogen and oxygen atoms in total. The second-order valence-electron chi connectivity index (χ2n) is 6.82. The Bertz CT molecular complexity index is 1040. The van der Waals surface area contributed by atoms with E-state index in [0.717, 1.165) is 0 Å². The number of carbonyl (C=O) groups is 1. The van der Waals surface area contributed by atoms with E-state index < -0.39 is 28.3 Å². The highest BCUT2D eigenvalue weighted by Crippen LogP contribution is 2.46. The smallest absolute Gasteiger partial charge is 0.301 e. The fraction of sp³-hybridized carbons (Fsp3) is 0.412. The second-order valence-corrected chi connectivity index (χ2v) is 6.82. The number of aromatic nitrogens is 2. The molecule has 148 valence electrons. The van der Waals surface area contributed by atoms with Gasteiger partial charge >= 0.3 is 11.9 Å². The normalized spacial score (nSPS) is 20.1. The molecule has 2 atom stereocenters. The summed E-state index contributed by atoms with van der Waals surface area (Å²) in [5.41, 5.74) is -0.0287. The standard InChI is InChI=1S/C17H18N4O7/c1-7(2)20-15-12(16(22)19-20)11(13(21(24)25)17(23)18-15)8-4-9(26-3)14-10(5-8)27-6-28-14/h4-5,7,11,13H,6H2,1-3H3,(H,18,23)(H,19,22). The summed E-state index contributed by atoms with van der Waals surface area (Å²) >= 11 is 0. The van der Waals surface area contributed by atoms with E-state index in [2.05, 4.69) is 10.4 Å². The van der Waals surface area contributed by atoms with Crippen LogP contribution in [-0.2, 0) is 4.79 Å². The van der Waals surface area contributed by atoms with Gasteiger partial charge in [-0.15, -0.1) is 0 Å². The molecule has 28 heavy (non-hydrogen) atoms. The first-order chi connectivity index (χ1) is 13.3. The lowest BCUT2D eigenvalue weighted by molar-refractivity contribution is -0.509. The first-order valence-electron chi connectivity index (χ1n) is 8.59. The highest BCUT2D eigenvalue weighted by molar-refractivity contribution is 5.98. The molecule has 0 spiro atoms. The molecule has 0 saturated heterocycles. The number of H-pyrrole nitrogens is 1. The number of benzene rings is 1. The third-order valence-corrected chi connectivity index (χ3v) is 4.88. The van der Waals surface area contributed by atoms with Crippen LogP contribution in [0.25, 0.3) is 0 Å². The van der Waals surface area contributed by atoms with E-state index in [1.807, 2.05) is 13.8 Å². The second kappa shape index (κ2) is 6.29. The van der Waals surface area contributed by atoms with E-state index in [4.69, 9.17) is 14.2 Å². The Balaban J connectivity index is 1.98. The number of anilines is 1. The molecule has 2 N–H and O–H groups in total. The molecule has 0 bridgehead atoms. The first kappa shape index (κ1) is 17.9. The van der Waals surface area contributed by atoms with Gasteiger partial charge < -0.3 is 19.5 Å². The molecule has 2 unspecified atom stereocenters. The molecule has 3 heterocycles. The maximum Gasteiger partial charge on any atom is 0.301 e. The van der Waals surface area contributed by atoms with Gasteiger partial charge in [0.05, 0.1) is 18.6 Å². The maximum absolute atomic E-state index is 12.7. The topological polar surface area (TPSA) is 138 Å². The van der Waals surface area contributed by atoms with Gasteiger partial charge in [-0.1, -0.05) is 0 Å². The molecule has 1 aromatic carbocycles. The van der Waals surface area contributed by atoms with Crippen LogP contribution in [0.4, 0.5) is 5.82 Å². The van der Waals surface area contributed by atoms with Crippen molar-refractivity contribution in [1.82, 2.24) is 9.78 Å². The molecule has 1 aromatic heterocycles. The molecule has 11 heteroatoms. The Morgan fingerprint density at radius 3 is 2.71 bits per heavy atom. The highest BCUT2D eigenvalue weighted by atomic mass is 16.7. The first-order valence-corrected chi connectivity index (χ1v) is 8.59. The summed E-state index contributed by atoms with van der Waals surface area (Å²) < 4.78 is 17.5. The summed E-state index contributed by atoms with van der Waals surface area (Å²) in [4.78, 5) is 36.3. The number of nitrogens with zero attached hydrogens (tertiary/aromatic N) is 2.